The Morgan fingerprint density at radius 3 is 2.83 bits per heavy atom. The number of aliphatic hydroxyl groups is 1. The van der Waals surface area contributed by atoms with Gasteiger partial charge in [0.05, 0.1) is 18.4 Å². The molecule has 136 valence electrons. The highest BCUT2D eigenvalue weighted by molar-refractivity contribution is 7.89. The molecule has 1 aromatic rings. The van der Waals surface area contributed by atoms with Crippen molar-refractivity contribution in [2.75, 3.05) is 25.4 Å². The van der Waals surface area contributed by atoms with Crippen molar-refractivity contribution in [2.24, 2.45) is 0 Å². The summed E-state index contributed by atoms with van der Waals surface area (Å²) in [5.74, 6) is 0.647. The lowest BCUT2D eigenvalue weighted by Gasteiger charge is -2.25. The van der Waals surface area contributed by atoms with Crippen LogP contribution in [0.1, 0.15) is 57.2 Å². The Morgan fingerprint density at radius 1 is 1.42 bits per heavy atom. The standard InChI is InChI=1S/C15H25N3O5S/c1-11(2)13-16-14(23-17-13)15(19)6-7-18(10-15)24(20,21)9-12-5-3-4-8-22-12/h11-12,19H,3-10H2,1-2H3/t12-,15+/m1/s1. The van der Waals surface area contributed by atoms with Crippen LogP contribution in [0, 0.1) is 0 Å². The van der Waals surface area contributed by atoms with Gasteiger partial charge in [0.15, 0.2) is 11.4 Å². The van der Waals surface area contributed by atoms with Crippen molar-refractivity contribution in [3.8, 4) is 0 Å². The van der Waals surface area contributed by atoms with Gasteiger partial charge in [-0.3, -0.25) is 0 Å². The third-order valence-electron chi connectivity index (χ3n) is 4.63. The molecule has 2 atom stereocenters. The predicted molar refractivity (Wildman–Crippen MR) is 85.9 cm³/mol. The second kappa shape index (κ2) is 6.70. The molecular formula is C15H25N3O5S. The minimum atomic E-state index is -3.49. The number of sulfonamides is 1. The zero-order chi connectivity index (χ0) is 17.4. The predicted octanol–water partition coefficient (Wildman–Crippen LogP) is 0.985. The number of aromatic nitrogens is 2. The summed E-state index contributed by atoms with van der Waals surface area (Å²) in [6, 6.07) is 0. The van der Waals surface area contributed by atoms with E-state index in [0.29, 0.717) is 12.4 Å². The lowest BCUT2D eigenvalue weighted by molar-refractivity contribution is 0.0184. The quantitative estimate of drug-likeness (QED) is 0.835. The van der Waals surface area contributed by atoms with E-state index in [4.69, 9.17) is 9.26 Å². The Bertz CT molecular complexity index is 668. The topological polar surface area (TPSA) is 106 Å². The molecule has 0 saturated carbocycles. The second-order valence-corrected chi connectivity index (χ2v) is 9.01. The fourth-order valence-corrected chi connectivity index (χ4v) is 4.83. The van der Waals surface area contributed by atoms with Crippen LogP contribution in [-0.4, -0.2) is 59.5 Å². The fraction of sp³-hybridized carbons (Fsp3) is 0.867. The SMILES string of the molecule is CC(C)c1noc([C@]2(O)CCN(S(=O)(=O)C[C@H]3CCCCO3)C2)n1. The molecule has 0 unspecified atom stereocenters. The highest BCUT2D eigenvalue weighted by Crippen LogP contribution is 2.33. The van der Waals surface area contributed by atoms with Gasteiger partial charge < -0.3 is 14.4 Å². The number of hydrogen-bond acceptors (Lipinski definition) is 7. The van der Waals surface area contributed by atoms with Crippen LogP contribution in [0.5, 0.6) is 0 Å². The Morgan fingerprint density at radius 2 is 2.21 bits per heavy atom. The van der Waals surface area contributed by atoms with Crippen molar-refractivity contribution < 1.29 is 22.8 Å². The van der Waals surface area contributed by atoms with E-state index in [1.165, 1.54) is 4.31 Å². The van der Waals surface area contributed by atoms with Crippen LogP contribution >= 0.6 is 0 Å². The van der Waals surface area contributed by atoms with E-state index in [-0.39, 0.29) is 43.2 Å². The van der Waals surface area contributed by atoms with Crippen molar-refractivity contribution in [2.45, 2.75) is 57.2 Å². The zero-order valence-corrected chi connectivity index (χ0v) is 15.0. The number of hydrogen-bond donors (Lipinski definition) is 1. The Hall–Kier alpha value is -1.03. The van der Waals surface area contributed by atoms with Gasteiger partial charge in [-0.1, -0.05) is 19.0 Å². The monoisotopic (exact) mass is 359 g/mol. The van der Waals surface area contributed by atoms with Crippen molar-refractivity contribution in [3.63, 3.8) is 0 Å². The lowest BCUT2D eigenvalue weighted by Crippen LogP contribution is -2.39. The largest absolute Gasteiger partial charge is 0.379 e. The molecule has 0 radical (unpaired) electrons. The van der Waals surface area contributed by atoms with Crippen LogP contribution in [0.15, 0.2) is 4.52 Å². The summed E-state index contributed by atoms with van der Waals surface area (Å²) in [5.41, 5.74) is -1.42. The Labute approximate surface area is 142 Å². The average Bonchev–Trinajstić information content (AvgIpc) is 3.16. The fourth-order valence-electron chi connectivity index (χ4n) is 3.11. The van der Waals surface area contributed by atoms with Crippen LogP contribution in [0.25, 0.3) is 0 Å². The van der Waals surface area contributed by atoms with Crippen LogP contribution in [0.3, 0.4) is 0 Å². The first-order valence-corrected chi connectivity index (χ1v) is 10.1. The van der Waals surface area contributed by atoms with Crippen LogP contribution in [-0.2, 0) is 20.4 Å². The van der Waals surface area contributed by atoms with Gasteiger partial charge in [0.25, 0.3) is 5.89 Å². The van der Waals surface area contributed by atoms with Gasteiger partial charge in [-0.25, -0.2) is 8.42 Å². The molecule has 2 saturated heterocycles. The molecule has 1 N–H and O–H groups in total. The number of rotatable bonds is 5. The van der Waals surface area contributed by atoms with Crippen molar-refractivity contribution in [3.05, 3.63) is 11.7 Å². The summed E-state index contributed by atoms with van der Waals surface area (Å²) in [6.07, 6.45) is 2.73. The summed E-state index contributed by atoms with van der Waals surface area (Å²) < 4.78 is 37.2. The second-order valence-electron chi connectivity index (χ2n) is 6.99. The molecule has 2 aliphatic rings. The molecule has 2 aliphatic heterocycles. The highest BCUT2D eigenvalue weighted by Gasteiger charge is 2.46. The smallest absolute Gasteiger partial charge is 0.260 e. The molecule has 1 aromatic heterocycles. The molecule has 2 fully saturated rings. The first-order chi connectivity index (χ1) is 11.3. The van der Waals surface area contributed by atoms with E-state index in [2.05, 4.69) is 10.1 Å². The van der Waals surface area contributed by atoms with Gasteiger partial charge in [-0.05, 0) is 19.3 Å². The maximum absolute atomic E-state index is 12.6. The first kappa shape index (κ1) is 17.8. The normalized spacial score (nSPS) is 29.4. The maximum atomic E-state index is 12.6. The molecular weight excluding hydrogens is 334 g/mol. The molecule has 3 heterocycles. The summed E-state index contributed by atoms with van der Waals surface area (Å²) in [4.78, 5) is 4.22. The average molecular weight is 359 g/mol. The molecule has 0 spiro atoms. The van der Waals surface area contributed by atoms with Crippen molar-refractivity contribution >= 4 is 10.0 Å². The van der Waals surface area contributed by atoms with Gasteiger partial charge in [0, 0.05) is 25.5 Å². The first-order valence-electron chi connectivity index (χ1n) is 8.46. The van der Waals surface area contributed by atoms with Gasteiger partial charge in [-0.2, -0.15) is 9.29 Å². The molecule has 24 heavy (non-hydrogen) atoms. The third-order valence-corrected chi connectivity index (χ3v) is 6.52. The molecule has 0 bridgehead atoms. The lowest BCUT2D eigenvalue weighted by atomic mass is 10.0. The van der Waals surface area contributed by atoms with Gasteiger partial charge in [-0.15, -0.1) is 0 Å². The van der Waals surface area contributed by atoms with Gasteiger partial charge in [0.1, 0.15) is 0 Å². The van der Waals surface area contributed by atoms with E-state index >= 15 is 0 Å². The van der Waals surface area contributed by atoms with E-state index in [0.717, 1.165) is 19.3 Å². The molecule has 9 heteroatoms. The number of ether oxygens (including phenoxy) is 1. The highest BCUT2D eigenvalue weighted by atomic mass is 32.2. The van der Waals surface area contributed by atoms with E-state index in [9.17, 15) is 13.5 Å². The number of β-amino-alcohol motifs (C(OH)–C–C–N with tert-alkyl or cyclic N) is 1. The molecule has 0 aromatic carbocycles. The minimum absolute atomic E-state index is 0.0375. The van der Waals surface area contributed by atoms with Crippen LogP contribution < -0.4 is 0 Å². The van der Waals surface area contributed by atoms with E-state index < -0.39 is 15.6 Å². The zero-order valence-electron chi connectivity index (χ0n) is 14.1. The Kier molecular flexibility index (Phi) is 4.96. The molecule has 0 amide bonds. The van der Waals surface area contributed by atoms with Crippen LogP contribution in [0.4, 0.5) is 0 Å². The summed E-state index contributed by atoms with van der Waals surface area (Å²) in [6.45, 7) is 4.65. The van der Waals surface area contributed by atoms with Gasteiger partial charge in [0.2, 0.25) is 10.0 Å². The molecule has 3 rings (SSSR count). The van der Waals surface area contributed by atoms with Crippen molar-refractivity contribution in [1.82, 2.24) is 14.4 Å². The maximum Gasteiger partial charge on any atom is 0.260 e. The third kappa shape index (κ3) is 3.63. The van der Waals surface area contributed by atoms with Crippen LogP contribution in [0.2, 0.25) is 0 Å². The van der Waals surface area contributed by atoms with Gasteiger partial charge >= 0.3 is 0 Å². The van der Waals surface area contributed by atoms with E-state index in [1.807, 2.05) is 13.8 Å². The Balaban J connectivity index is 1.68. The molecule has 0 aliphatic carbocycles. The van der Waals surface area contributed by atoms with E-state index in [1.54, 1.807) is 0 Å². The van der Waals surface area contributed by atoms with Crippen molar-refractivity contribution in [1.29, 1.82) is 0 Å². The summed E-state index contributed by atoms with van der Waals surface area (Å²) in [5, 5.41) is 14.6. The minimum Gasteiger partial charge on any atom is -0.379 e. The summed E-state index contributed by atoms with van der Waals surface area (Å²) >= 11 is 0. The summed E-state index contributed by atoms with van der Waals surface area (Å²) in [7, 11) is -3.49. The number of nitrogens with zero attached hydrogens (tertiary/aromatic N) is 3. The molecule has 8 nitrogen and oxygen atoms in total.